The van der Waals surface area contributed by atoms with Gasteiger partial charge in [0.25, 0.3) is 0 Å². The average Bonchev–Trinajstić information content (AvgIpc) is 3.34. The Morgan fingerprint density at radius 3 is 2.53 bits per heavy atom. The van der Waals surface area contributed by atoms with E-state index in [0.717, 1.165) is 11.8 Å². The molecule has 3 heterocycles. The Morgan fingerprint density at radius 2 is 1.88 bits per heavy atom. The predicted octanol–water partition coefficient (Wildman–Crippen LogP) is 4.28. The molecule has 166 valence electrons. The summed E-state index contributed by atoms with van der Waals surface area (Å²) in [6, 6.07) is 5.50. The van der Waals surface area contributed by atoms with Crippen molar-refractivity contribution >= 4 is 11.6 Å². The highest BCUT2D eigenvalue weighted by Gasteiger charge is 2.31. The molecule has 0 amide bonds. The Morgan fingerprint density at radius 1 is 1.09 bits per heavy atom. The summed E-state index contributed by atoms with van der Waals surface area (Å²) in [5.74, 6) is -0.351. The molecule has 4 rings (SSSR count). The number of anilines is 2. The molecule has 0 aliphatic carbocycles. The number of nitrogens with zero attached hydrogens (tertiary/aromatic N) is 6. The van der Waals surface area contributed by atoms with Gasteiger partial charge in [0.05, 0.1) is 30.4 Å². The average molecular weight is 447 g/mol. The van der Waals surface area contributed by atoms with E-state index in [0.29, 0.717) is 29.4 Å². The van der Waals surface area contributed by atoms with Crippen LogP contribution in [-0.2, 0) is 13.2 Å². The fraction of sp³-hybridized carbons (Fsp3) is 0.200. The maximum atomic E-state index is 14.1. The zero-order chi connectivity index (χ0) is 23.0. The van der Waals surface area contributed by atoms with Gasteiger partial charge in [0.2, 0.25) is 17.7 Å². The lowest BCUT2D eigenvalue weighted by Gasteiger charge is -2.10. The molecule has 12 heteroatoms. The van der Waals surface area contributed by atoms with Gasteiger partial charge in [0, 0.05) is 13.2 Å². The lowest BCUT2D eigenvalue weighted by molar-refractivity contribution is -0.137. The van der Waals surface area contributed by atoms with Crippen molar-refractivity contribution in [2.24, 2.45) is 7.05 Å². The number of aryl methyl sites for hydroxylation is 2. The van der Waals surface area contributed by atoms with Crippen molar-refractivity contribution < 1.29 is 22.3 Å². The number of alkyl halides is 3. The second-order valence-corrected chi connectivity index (χ2v) is 6.85. The van der Waals surface area contributed by atoms with Gasteiger partial charge in [0.1, 0.15) is 17.2 Å². The number of hydrogen-bond donors (Lipinski definition) is 1. The molecule has 0 fully saturated rings. The number of hydrogen-bond acceptors (Lipinski definition) is 6. The number of imidazole rings is 1. The molecule has 1 N–H and O–H groups in total. The molecule has 8 nitrogen and oxygen atoms in total. The van der Waals surface area contributed by atoms with Gasteiger partial charge in [-0.2, -0.15) is 18.2 Å². The minimum Gasteiger partial charge on any atom is -0.479 e. The molecule has 32 heavy (non-hydrogen) atoms. The molecule has 0 atom stereocenters. The molecule has 4 aromatic rings. The number of nitrogens with one attached hydrogen (secondary N) is 1. The molecule has 0 aliphatic heterocycles. The maximum absolute atomic E-state index is 14.1. The van der Waals surface area contributed by atoms with E-state index in [4.69, 9.17) is 4.74 Å². The van der Waals surface area contributed by atoms with E-state index < -0.39 is 17.6 Å². The molecule has 0 spiro atoms. The highest BCUT2D eigenvalue weighted by Crippen LogP contribution is 2.33. The lowest BCUT2D eigenvalue weighted by atomic mass is 10.2. The smallest absolute Gasteiger partial charge is 0.416 e. The standard InChI is InChI=1S/C20H17F4N7O/c1-11-9-31(10-25-11)16-7-6-14(26-18(16)32-3)17-28-19(30(2)29-17)27-15-8-12(20(22,23)24)4-5-13(15)21/h4-10H,1-3H3,(H,27,28,29). The minimum atomic E-state index is -4.61. The van der Waals surface area contributed by atoms with Gasteiger partial charge in [-0.05, 0) is 37.3 Å². The van der Waals surface area contributed by atoms with Crippen LogP contribution in [0, 0.1) is 12.7 Å². The second-order valence-electron chi connectivity index (χ2n) is 6.85. The number of halogens is 4. The quantitative estimate of drug-likeness (QED) is 0.460. The summed E-state index contributed by atoms with van der Waals surface area (Å²) in [7, 11) is 2.98. The Hall–Kier alpha value is -3.96. The van der Waals surface area contributed by atoms with Crippen molar-refractivity contribution in [3.05, 3.63) is 59.9 Å². The summed E-state index contributed by atoms with van der Waals surface area (Å²) in [5, 5.41) is 6.78. The van der Waals surface area contributed by atoms with Crippen LogP contribution < -0.4 is 10.1 Å². The van der Waals surface area contributed by atoms with E-state index in [9.17, 15) is 17.6 Å². The first kappa shape index (κ1) is 21.3. The minimum absolute atomic E-state index is 0.0355. The zero-order valence-electron chi connectivity index (χ0n) is 17.1. The summed E-state index contributed by atoms with van der Waals surface area (Å²) >= 11 is 0. The van der Waals surface area contributed by atoms with Crippen LogP contribution in [0.4, 0.5) is 29.2 Å². The molecule has 0 unspecified atom stereocenters. The monoisotopic (exact) mass is 447 g/mol. The largest absolute Gasteiger partial charge is 0.479 e. The predicted molar refractivity (Wildman–Crippen MR) is 107 cm³/mol. The van der Waals surface area contributed by atoms with Crippen LogP contribution in [0.3, 0.4) is 0 Å². The first-order valence-electron chi connectivity index (χ1n) is 9.27. The first-order chi connectivity index (χ1) is 15.2. The second kappa shape index (κ2) is 7.94. The molecular weight excluding hydrogens is 430 g/mol. The molecule has 1 aromatic carbocycles. The Balaban J connectivity index is 1.66. The number of methoxy groups -OCH3 is 1. The van der Waals surface area contributed by atoms with E-state index in [1.165, 1.54) is 18.8 Å². The van der Waals surface area contributed by atoms with Gasteiger partial charge >= 0.3 is 6.18 Å². The Labute approximate surface area is 179 Å². The van der Waals surface area contributed by atoms with E-state index in [1.807, 2.05) is 13.1 Å². The summed E-state index contributed by atoms with van der Waals surface area (Å²) in [4.78, 5) is 12.8. The van der Waals surface area contributed by atoms with Gasteiger partial charge in [-0.25, -0.2) is 19.0 Å². The third-order valence-electron chi connectivity index (χ3n) is 4.56. The van der Waals surface area contributed by atoms with Crippen LogP contribution >= 0.6 is 0 Å². The molecule has 0 saturated heterocycles. The van der Waals surface area contributed by atoms with Crippen LogP contribution in [0.1, 0.15) is 11.3 Å². The van der Waals surface area contributed by atoms with Crippen molar-refractivity contribution in [1.29, 1.82) is 0 Å². The number of pyridine rings is 1. The van der Waals surface area contributed by atoms with Gasteiger partial charge in [-0.3, -0.25) is 0 Å². The van der Waals surface area contributed by atoms with Gasteiger partial charge in [-0.1, -0.05) is 0 Å². The lowest BCUT2D eigenvalue weighted by Crippen LogP contribution is -2.07. The topological polar surface area (TPSA) is 82.7 Å². The summed E-state index contributed by atoms with van der Waals surface area (Å²) < 4.78 is 61.4. The number of benzene rings is 1. The Bertz CT molecular complexity index is 1280. The maximum Gasteiger partial charge on any atom is 0.416 e. The third kappa shape index (κ3) is 4.11. The Kier molecular flexibility index (Phi) is 5.28. The van der Waals surface area contributed by atoms with Crippen LogP contribution in [0.15, 0.2) is 42.9 Å². The molecule has 0 aliphatic rings. The van der Waals surface area contributed by atoms with Crippen LogP contribution in [0.5, 0.6) is 5.88 Å². The molecule has 0 radical (unpaired) electrons. The SMILES string of the molecule is COc1nc(-c2nc(Nc3cc(C(F)(F)F)ccc3F)n(C)n2)ccc1-n1cnc(C)c1. The molecule has 0 saturated carbocycles. The van der Waals surface area contributed by atoms with Crippen molar-refractivity contribution in [3.63, 3.8) is 0 Å². The number of rotatable bonds is 5. The first-order valence-corrected chi connectivity index (χ1v) is 9.27. The van der Waals surface area contributed by atoms with Crippen molar-refractivity contribution in [3.8, 4) is 23.1 Å². The molecule has 0 bridgehead atoms. The van der Waals surface area contributed by atoms with Crippen LogP contribution in [0.25, 0.3) is 17.2 Å². The molecule has 3 aromatic heterocycles. The number of ether oxygens (including phenoxy) is 1. The van der Waals surface area contributed by atoms with Crippen molar-refractivity contribution in [2.45, 2.75) is 13.1 Å². The fourth-order valence-corrected chi connectivity index (χ4v) is 2.98. The van der Waals surface area contributed by atoms with Crippen molar-refractivity contribution in [1.82, 2.24) is 29.3 Å². The normalized spacial score (nSPS) is 11.6. The van der Waals surface area contributed by atoms with Gasteiger partial charge in [0.15, 0.2) is 0 Å². The fourth-order valence-electron chi connectivity index (χ4n) is 2.98. The van der Waals surface area contributed by atoms with Gasteiger partial charge in [-0.15, -0.1) is 5.10 Å². The van der Waals surface area contributed by atoms with E-state index in [-0.39, 0.29) is 17.5 Å². The van der Waals surface area contributed by atoms with Gasteiger partial charge < -0.3 is 14.6 Å². The highest BCUT2D eigenvalue weighted by molar-refractivity contribution is 5.60. The van der Waals surface area contributed by atoms with E-state index >= 15 is 0 Å². The summed E-state index contributed by atoms with van der Waals surface area (Å²) in [6.45, 7) is 1.85. The number of aromatic nitrogens is 6. The third-order valence-corrected chi connectivity index (χ3v) is 4.56. The van der Waals surface area contributed by atoms with Crippen LogP contribution in [-0.4, -0.2) is 36.4 Å². The summed E-state index contributed by atoms with van der Waals surface area (Å²) in [5.41, 5.74) is 0.464. The van der Waals surface area contributed by atoms with E-state index in [1.54, 1.807) is 23.0 Å². The molecular formula is C20H17F4N7O. The highest BCUT2D eigenvalue weighted by atomic mass is 19.4. The van der Waals surface area contributed by atoms with Crippen LogP contribution in [0.2, 0.25) is 0 Å². The van der Waals surface area contributed by atoms with Crippen molar-refractivity contribution in [2.75, 3.05) is 12.4 Å². The summed E-state index contributed by atoms with van der Waals surface area (Å²) in [6.07, 6.45) is -1.17. The van der Waals surface area contributed by atoms with E-state index in [2.05, 4.69) is 25.4 Å². The zero-order valence-corrected chi connectivity index (χ0v) is 17.1.